The van der Waals surface area contributed by atoms with E-state index in [1.807, 2.05) is 18.2 Å². The molecular weight excluding hydrogens is 190 g/mol. The molecule has 0 fully saturated rings. The summed E-state index contributed by atoms with van der Waals surface area (Å²) in [6.07, 6.45) is 1.26. The predicted octanol–water partition coefficient (Wildman–Crippen LogP) is 2.59. The number of hydrogen-bond donors (Lipinski definition) is 1. The van der Waals surface area contributed by atoms with Gasteiger partial charge >= 0.3 is 0 Å². The minimum atomic E-state index is 0.260. The fourth-order valence-electron chi connectivity index (χ4n) is 1.32. The summed E-state index contributed by atoms with van der Waals surface area (Å²) in [6.45, 7) is 4.70. The van der Waals surface area contributed by atoms with Gasteiger partial charge in [0.25, 0.3) is 0 Å². The Bertz CT molecular complexity index is 312. The molecule has 3 nitrogen and oxygen atoms in total. The largest absolute Gasteiger partial charge is 0.494 e. The first-order valence-corrected chi connectivity index (χ1v) is 5.22. The minimum absolute atomic E-state index is 0.260. The van der Waals surface area contributed by atoms with E-state index >= 15 is 0 Å². The highest BCUT2D eigenvalue weighted by atomic mass is 16.5. The van der Waals surface area contributed by atoms with Crippen molar-refractivity contribution in [2.75, 3.05) is 12.8 Å². The molecule has 0 saturated heterocycles. The first-order chi connectivity index (χ1) is 7.19. The second kappa shape index (κ2) is 5.61. The van der Waals surface area contributed by atoms with E-state index in [-0.39, 0.29) is 6.10 Å². The zero-order valence-corrected chi connectivity index (χ0v) is 9.62. The van der Waals surface area contributed by atoms with Crippen molar-refractivity contribution in [1.82, 2.24) is 0 Å². The highest BCUT2D eigenvalue weighted by Crippen LogP contribution is 2.26. The lowest BCUT2D eigenvalue weighted by Crippen LogP contribution is -2.07. The average Bonchev–Trinajstić information content (AvgIpc) is 2.25. The molecule has 0 aliphatic heterocycles. The number of nitrogen functional groups attached to an aromatic ring is 1. The van der Waals surface area contributed by atoms with Crippen molar-refractivity contribution in [2.24, 2.45) is 0 Å². The van der Waals surface area contributed by atoms with Gasteiger partial charge in [0.15, 0.2) is 0 Å². The SMILES string of the molecule is CC[C@@H](C)OCc1cccc(N)c1OC. The smallest absolute Gasteiger partial charge is 0.147 e. The van der Waals surface area contributed by atoms with Crippen molar-refractivity contribution in [1.29, 1.82) is 0 Å². The van der Waals surface area contributed by atoms with Crippen LogP contribution in [0.4, 0.5) is 5.69 Å². The number of hydrogen-bond acceptors (Lipinski definition) is 3. The number of ether oxygens (including phenoxy) is 2. The first kappa shape index (κ1) is 11.9. The van der Waals surface area contributed by atoms with Gasteiger partial charge in [-0.1, -0.05) is 19.1 Å². The molecule has 2 N–H and O–H groups in total. The highest BCUT2D eigenvalue weighted by molar-refractivity contribution is 5.56. The minimum Gasteiger partial charge on any atom is -0.494 e. The van der Waals surface area contributed by atoms with E-state index in [1.165, 1.54) is 0 Å². The third-order valence-electron chi connectivity index (χ3n) is 2.43. The molecular formula is C12H19NO2. The summed E-state index contributed by atoms with van der Waals surface area (Å²) in [4.78, 5) is 0. The lowest BCUT2D eigenvalue weighted by Gasteiger charge is -2.14. The Hall–Kier alpha value is -1.22. The van der Waals surface area contributed by atoms with Crippen LogP contribution in [0.15, 0.2) is 18.2 Å². The van der Waals surface area contributed by atoms with Gasteiger partial charge in [-0.15, -0.1) is 0 Å². The van der Waals surface area contributed by atoms with Gasteiger partial charge in [-0.3, -0.25) is 0 Å². The molecule has 1 aromatic carbocycles. The Kier molecular flexibility index (Phi) is 4.43. The van der Waals surface area contributed by atoms with E-state index in [0.717, 1.165) is 17.7 Å². The molecule has 0 saturated carbocycles. The van der Waals surface area contributed by atoms with Crippen LogP contribution in [-0.4, -0.2) is 13.2 Å². The molecule has 1 rings (SSSR count). The van der Waals surface area contributed by atoms with E-state index in [1.54, 1.807) is 7.11 Å². The molecule has 0 unspecified atom stereocenters. The zero-order valence-electron chi connectivity index (χ0n) is 9.62. The van der Waals surface area contributed by atoms with Gasteiger partial charge < -0.3 is 15.2 Å². The maximum absolute atomic E-state index is 5.79. The number of anilines is 1. The van der Waals surface area contributed by atoms with Crippen molar-refractivity contribution in [2.45, 2.75) is 33.0 Å². The Labute approximate surface area is 91.2 Å². The fraction of sp³-hybridized carbons (Fsp3) is 0.500. The topological polar surface area (TPSA) is 44.5 Å². The Balaban J connectivity index is 2.72. The molecule has 1 atom stereocenters. The van der Waals surface area contributed by atoms with Crippen molar-refractivity contribution in [3.63, 3.8) is 0 Å². The second-order valence-corrected chi connectivity index (χ2v) is 3.57. The maximum Gasteiger partial charge on any atom is 0.147 e. The molecule has 0 radical (unpaired) electrons. The summed E-state index contributed by atoms with van der Waals surface area (Å²) < 4.78 is 10.9. The predicted molar refractivity (Wildman–Crippen MR) is 61.9 cm³/mol. The van der Waals surface area contributed by atoms with Gasteiger partial charge in [-0.05, 0) is 19.4 Å². The molecule has 0 aromatic heterocycles. The summed E-state index contributed by atoms with van der Waals surface area (Å²) >= 11 is 0. The number of methoxy groups -OCH3 is 1. The Morgan fingerprint density at radius 2 is 2.13 bits per heavy atom. The molecule has 0 bridgehead atoms. The molecule has 15 heavy (non-hydrogen) atoms. The average molecular weight is 209 g/mol. The van der Waals surface area contributed by atoms with Gasteiger partial charge in [0, 0.05) is 5.56 Å². The van der Waals surface area contributed by atoms with Crippen LogP contribution in [0.2, 0.25) is 0 Å². The number of nitrogens with two attached hydrogens (primary N) is 1. The van der Waals surface area contributed by atoms with Gasteiger partial charge in [-0.2, -0.15) is 0 Å². The molecule has 0 spiro atoms. The number of benzene rings is 1. The number of para-hydroxylation sites is 1. The third kappa shape index (κ3) is 3.13. The van der Waals surface area contributed by atoms with E-state index < -0.39 is 0 Å². The molecule has 1 aromatic rings. The van der Waals surface area contributed by atoms with Gasteiger partial charge in [-0.25, -0.2) is 0 Å². The molecule has 0 aliphatic carbocycles. The van der Waals surface area contributed by atoms with Crippen LogP contribution in [0.1, 0.15) is 25.8 Å². The quantitative estimate of drug-likeness (QED) is 0.758. The molecule has 0 aliphatic rings. The van der Waals surface area contributed by atoms with Crippen molar-refractivity contribution in [3.8, 4) is 5.75 Å². The summed E-state index contributed by atoms with van der Waals surface area (Å²) in [6, 6.07) is 5.70. The Morgan fingerprint density at radius 1 is 1.40 bits per heavy atom. The maximum atomic E-state index is 5.79. The molecule has 0 amide bonds. The standard InChI is InChI=1S/C12H19NO2/c1-4-9(2)15-8-10-6-5-7-11(13)12(10)14-3/h5-7,9H,4,8,13H2,1-3H3/t9-/m1/s1. The zero-order chi connectivity index (χ0) is 11.3. The van der Waals surface area contributed by atoms with Crippen LogP contribution in [0, 0.1) is 0 Å². The first-order valence-electron chi connectivity index (χ1n) is 5.22. The van der Waals surface area contributed by atoms with Crippen LogP contribution in [0.5, 0.6) is 5.75 Å². The lowest BCUT2D eigenvalue weighted by atomic mass is 10.2. The molecule has 84 valence electrons. The van der Waals surface area contributed by atoms with Gasteiger partial charge in [0.2, 0.25) is 0 Å². The summed E-state index contributed by atoms with van der Waals surface area (Å²) in [5.74, 6) is 0.723. The van der Waals surface area contributed by atoms with Crippen molar-refractivity contribution in [3.05, 3.63) is 23.8 Å². The third-order valence-corrected chi connectivity index (χ3v) is 2.43. The summed E-state index contributed by atoms with van der Waals surface area (Å²) in [5.41, 5.74) is 7.44. The Morgan fingerprint density at radius 3 is 2.73 bits per heavy atom. The monoisotopic (exact) mass is 209 g/mol. The van der Waals surface area contributed by atoms with Crippen LogP contribution in [0.3, 0.4) is 0 Å². The highest BCUT2D eigenvalue weighted by Gasteiger charge is 2.07. The van der Waals surface area contributed by atoms with Crippen molar-refractivity contribution >= 4 is 5.69 Å². The van der Waals surface area contributed by atoms with Crippen LogP contribution >= 0.6 is 0 Å². The van der Waals surface area contributed by atoms with Crippen LogP contribution in [-0.2, 0) is 11.3 Å². The summed E-state index contributed by atoms with van der Waals surface area (Å²) in [5, 5.41) is 0. The summed E-state index contributed by atoms with van der Waals surface area (Å²) in [7, 11) is 1.62. The normalized spacial score (nSPS) is 12.5. The molecule has 0 heterocycles. The second-order valence-electron chi connectivity index (χ2n) is 3.57. The van der Waals surface area contributed by atoms with E-state index in [9.17, 15) is 0 Å². The van der Waals surface area contributed by atoms with Gasteiger partial charge in [0.1, 0.15) is 5.75 Å². The van der Waals surface area contributed by atoms with Gasteiger partial charge in [0.05, 0.1) is 25.5 Å². The van der Waals surface area contributed by atoms with Crippen LogP contribution in [0.25, 0.3) is 0 Å². The van der Waals surface area contributed by atoms with E-state index in [2.05, 4.69) is 13.8 Å². The lowest BCUT2D eigenvalue weighted by molar-refractivity contribution is 0.0498. The van der Waals surface area contributed by atoms with E-state index in [4.69, 9.17) is 15.2 Å². The molecule has 3 heteroatoms. The van der Waals surface area contributed by atoms with E-state index in [0.29, 0.717) is 12.3 Å². The van der Waals surface area contributed by atoms with Crippen molar-refractivity contribution < 1.29 is 9.47 Å². The fourth-order valence-corrected chi connectivity index (χ4v) is 1.32. The number of rotatable bonds is 5. The van der Waals surface area contributed by atoms with Crippen LogP contribution < -0.4 is 10.5 Å².